The lowest BCUT2D eigenvalue weighted by Crippen LogP contribution is -2.34. The Morgan fingerprint density at radius 2 is 1.72 bits per heavy atom. The van der Waals surface area contributed by atoms with Gasteiger partial charge >= 0.3 is 11.7 Å². The zero-order chi connectivity index (χ0) is 18.1. The monoisotopic (exact) mass is 344 g/mol. The van der Waals surface area contributed by atoms with Crippen LogP contribution in [0.5, 0.6) is 5.75 Å². The van der Waals surface area contributed by atoms with Crippen molar-refractivity contribution in [2.24, 2.45) is 0 Å². The number of para-hydroxylation sites is 2. The molecule has 0 unspecified atom stereocenters. The Balaban J connectivity index is 1.72. The van der Waals surface area contributed by atoms with E-state index < -0.39 is 23.4 Å². The number of esters is 1. The molecular formula is C17H16N2O6. The lowest BCUT2D eigenvalue weighted by molar-refractivity contribution is -0.385. The molecule has 1 N–H and O–H groups in total. The summed E-state index contributed by atoms with van der Waals surface area (Å²) in [6.45, 7) is -0.648. The average Bonchev–Trinajstić information content (AvgIpc) is 2.64. The summed E-state index contributed by atoms with van der Waals surface area (Å²) < 4.78 is 10.1. The summed E-state index contributed by atoms with van der Waals surface area (Å²) in [6.07, 6.45) is 0. The molecule has 0 fully saturated rings. The Morgan fingerprint density at radius 1 is 1.04 bits per heavy atom. The largest absolute Gasteiger partial charge is 0.477 e. The molecule has 0 atom stereocenters. The van der Waals surface area contributed by atoms with Crippen LogP contribution in [0.4, 0.5) is 5.69 Å². The molecule has 8 heteroatoms. The molecule has 0 radical (unpaired) electrons. The van der Waals surface area contributed by atoms with E-state index in [0.717, 1.165) is 5.56 Å². The number of nitro benzene ring substituents is 1. The summed E-state index contributed by atoms with van der Waals surface area (Å²) in [7, 11) is 0. The summed E-state index contributed by atoms with van der Waals surface area (Å²) in [5, 5.41) is 13.2. The van der Waals surface area contributed by atoms with Gasteiger partial charge in [0.1, 0.15) is 13.2 Å². The third-order valence-corrected chi connectivity index (χ3v) is 3.09. The first-order valence-corrected chi connectivity index (χ1v) is 7.38. The SMILES string of the molecule is O=C(COc1ccccc1[N+](=O)[O-])NCC(=O)OCc1ccccc1. The van der Waals surface area contributed by atoms with Gasteiger partial charge in [0.25, 0.3) is 5.91 Å². The van der Waals surface area contributed by atoms with Gasteiger partial charge in [0.2, 0.25) is 0 Å². The van der Waals surface area contributed by atoms with Gasteiger partial charge in [-0.1, -0.05) is 42.5 Å². The van der Waals surface area contributed by atoms with Gasteiger partial charge in [0, 0.05) is 6.07 Å². The first-order valence-electron chi connectivity index (χ1n) is 7.38. The standard InChI is InChI=1S/C17H16N2O6/c20-16(12-24-15-9-5-4-8-14(15)19(22)23)18-10-17(21)25-11-13-6-2-1-3-7-13/h1-9H,10-12H2,(H,18,20). The number of hydrogen-bond acceptors (Lipinski definition) is 6. The molecule has 2 rings (SSSR count). The van der Waals surface area contributed by atoms with Crippen molar-refractivity contribution in [3.8, 4) is 5.75 Å². The van der Waals surface area contributed by atoms with Crippen LogP contribution in [-0.2, 0) is 20.9 Å². The number of amides is 1. The van der Waals surface area contributed by atoms with Crippen LogP contribution < -0.4 is 10.1 Å². The highest BCUT2D eigenvalue weighted by Gasteiger charge is 2.15. The minimum absolute atomic E-state index is 0.0192. The second kappa shape index (κ2) is 9.02. The predicted molar refractivity (Wildman–Crippen MR) is 87.8 cm³/mol. The van der Waals surface area contributed by atoms with E-state index in [1.54, 1.807) is 6.07 Å². The minimum atomic E-state index is -0.603. The first-order chi connectivity index (χ1) is 12.1. The summed E-state index contributed by atoms with van der Waals surface area (Å²) in [6, 6.07) is 14.8. The van der Waals surface area contributed by atoms with Crippen molar-refractivity contribution >= 4 is 17.6 Å². The predicted octanol–water partition coefficient (Wildman–Crippen LogP) is 1.83. The first kappa shape index (κ1) is 17.9. The number of benzene rings is 2. The van der Waals surface area contributed by atoms with Gasteiger partial charge in [0.05, 0.1) is 4.92 Å². The Kier molecular flexibility index (Phi) is 6.47. The van der Waals surface area contributed by atoms with E-state index >= 15 is 0 Å². The van der Waals surface area contributed by atoms with Crippen molar-refractivity contribution in [3.05, 3.63) is 70.3 Å². The third kappa shape index (κ3) is 5.94. The van der Waals surface area contributed by atoms with Gasteiger partial charge in [-0.15, -0.1) is 0 Å². The van der Waals surface area contributed by atoms with Gasteiger partial charge in [-0.25, -0.2) is 0 Å². The Morgan fingerprint density at radius 3 is 2.44 bits per heavy atom. The number of rotatable bonds is 8. The zero-order valence-corrected chi connectivity index (χ0v) is 13.2. The second-order valence-electron chi connectivity index (χ2n) is 4.94. The van der Waals surface area contributed by atoms with Gasteiger partial charge in [0.15, 0.2) is 12.4 Å². The third-order valence-electron chi connectivity index (χ3n) is 3.09. The van der Waals surface area contributed by atoms with E-state index in [4.69, 9.17) is 9.47 Å². The fourth-order valence-corrected chi connectivity index (χ4v) is 1.88. The lowest BCUT2D eigenvalue weighted by atomic mass is 10.2. The van der Waals surface area contributed by atoms with E-state index in [1.165, 1.54) is 18.2 Å². The number of carbonyl (C=O) groups excluding carboxylic acids is 2. The van der Waals surface area contributed by atoms with E-state index in [2.05, 4.69) is 5.32 Å². The van der Waals surface area contributed by atoms with E-state index in [1.807, 2.05) is 30.3 Å². The summed E-state index contributed by atoms with van der Waals surface area (Å²) >= 11 is 0. The quantitative estimate of drug-likeness (QED) is 0.445. The molecular weight excluding hydrogens is 328 g/mol. The molecule has 0 spiro atoms. The van der Waals surface area contributed by atoms with Crippen LogP contribution in [0.15, 0.2) is 54.6 Å². The molecule has 0 heterocycles. The number of nitrogens with one attached hydrogen (secondary N) is 1. The number of nitro groups is 1. The van der Waals surface area contributed by atoms with Crippen LogP contribution in [0.25, 0.3) is 0 Å². The van der Waals surface area contributed by atoms with Crippen molar-refractivity contribution in [2.45, 2.75) is 6.61 Å². The van der Waals surface area contributed by atoms with Crippen molar-refractivity contribution in [1.82, 2.24) is 5.32 Å². The fourth-order valence-electron chi connectivity index (χ4n) is 1.88. The maximum absolute atomic E-state index is 11.7. The van der Waals surface area contributed by atoms with Crippen LogP contribution in [-0.4, -0.2) is 30.0 Å². The van der Waals surface area contributed by atoms with Crippen molar-refractivity contribution in [2.75, 3.05) is 13.2 Å². The highest BCUT2D eigenvalue weighted by Crippen LogP contribution is 2.25. The average molecular weight is 344 g/mol. The molecule has 0 aliphatic heterocycles. The normalized spacial score (nSPS) is 9.92. The molecule has 0 saturated carbocycles. The Bertz CT molecular complexity index is 748. The summed E-state index contributed by atoms with van der Waals surface area (Å²) in [4.78, 5) is 33.5. The van der Waals surface area contributed by atoms with Crippen LogP contribution in [0, 0.1) is 10.1 Å². The number of ether oxygens (including phenoxy) is 2. The van der Waals surface area contributed by atoms with Crippen molar-refractivity contribution in [1.29, 1.82) is 0 Å². The van der Waals surface area contributed by atoms with E-state index in [-0.39, 0.29) is 24.6 Å². The molecule has 2 aromatic rings. The number of nitrogens with zero attached hydrogens (tertiary/aromatic N) is 1. The Labute approximate surface area is 143 Å². The van der Waals surface area contributed by atoms with Gasteiger partial charge in [-0.05, 0) is 11.6 Å². The number of carbonyl (C=O) groups is 2. The van der Waals surface area contributed by atoms with E-state index in [9.17, 15) is 19.7 Å². The molecule has 0 aromatic heterocycles. The second-order valence-corrected chi connectivity index (χ2v) is 4.94. The van der Waals surface area contributed by atoms with Crippen LogP contribution in [0.1, 0.15) is 5.56 Å². The topological polar surface area (TPSA) is 108 Å². The summed E-state index contributed by atoms with van der Waals surface area (Å²) in [5.41, 5.74) is 0.597. The molecule has 25 heavy (non-hydrogen) atoms. The van der Waals surface area contributed by atoms with Gasteiger partial charge < -0.3 is 14.8 Å². The highest BCUT2D eigenvalue weighted by molar-refractivity contribution is 5.82. The van der Waals surface area contributed by atoms with Crippen molar-refractivity contribution in [3.63, 3.8) is 0 Å². The molecule has 1 amide bonds. The molecule has 0 aliphatic rings. The zero-order valence-electron chi connectivity index (χ0n) is 13.2. The molecule has 0 bridgehead atoms. The maximum Gasteiger partial charge on any atom is 0.325 e. The smallest absolute Gasteiger partial charge is 0.325 e. The number of hydrogen-bond donors (Lipinski definition) is 1. The highest BCUT2D eigenvalue weighted by atomic mass is 16.6. The van der Waals surface area contributed by atoms with Crippen molar-refractivity contribution < 1.29 is 24.0 Å². The lowest BCUT2D eigenvalue weighted by Gasteiger charge is -2.08. The van der Waals surface area contributed by atoms with Crippen LogP contribution >= 0.6 is 0 Å². The molecule has 0 saturated heterocycles. The van der Waals surface area contributed by atoms with Crippen LogP contribution in [0.3, 0.4) is 0 Å². The molecule has 0 aliphatic carbocycles. The minimum Gasteiger partial charge on any atom is -0.477 e. The van der Waals surface area contributed by atoms with Crippen LogP contribution in [0.2, 0.25) is 0 Å². The maximum atomic E-state index is 11.7. The van der Waals surface area contributed by atoms with Gasteiger partial charge in [-0.2, -0.15) is 0 Å². The fraction of sp³-hybridized carbons (Fsp3) is 0.176. The van der Waals surface area contributed by atoms with E-state index in [0.29, 0.717) is 0 Å². The molecule has 2 aromatic carbocycles. The van der Waals surface area contributed by atoms with Gasteiger partial charge in [-0.3, -0.25) is 19.7 Å². The Hall–Kier alpha value is -3.42. The molecule has 130 valence electrons. The molecule has 8 nitrogen and oxygen atoms in total. The summed E-state index contributed by atoms with van der Waals surface area (Å²) in [5.74, 6) is -1.20.